The Hall–Kier alpha value is -2.73. The molecule has 0 spiro atoms. The van der Waals surface area contributed by atoms with E-state index in [0.717, 1.165) is 16.1 Å². The third-order valence-electron chi connectivity index (χ3n) is 4.50. The van der Waals surface area contributed by atoms with Crippen LogP contribution in [-0.2, 0) is 16.6 Å². The van der Waals surface area contributed by atoms with Crippen molar-refractivity contribution in [2.45, 2.75) is 18.8 Å². The number of allylic oxidation sites excluding steroid dienone is 1. The van der Waals surface area contributed by atoms with Crippen molar-refractivity contribution in [2.24, 2.45) is 0 Å². The van der Waals surface area contributed by atoms with Crippen LogP contribution in [0.25, 0.3) is 6.08 Å². The smallest absolute Gasteiger partial charge is 0.359 e. The van der Waals surface area contributed by atoms with Gasteiger partial charge in [0, 0.05) is 28.8 Å². The number of hydrogen-bond donors (Lipinski definition) is 1. The summed E-state index contributed by atoms with van der Waals surface area (Å²) < 4.78 is 5.10. The lowest BCUT2D eigenvalue weighted by atomic mass is 9.72. The Morgan fingerprint density at radius 3 is 2.92 bits per heavy atom. The van der Waals surface area contributed by atoms with Crippen molar-refractivity contribution in [1.82, 2.24) is 15.2 Å². The van der Waals surface area contributed by atoms with Crippen LogP contribution in [0.2, 0.25) is 0 Å². The van der Waals surface area contributed by atoms with Crippen LogP contribution in [0.4, 0.5) is 0 Å². The molecule has 0 aliphatic heterocycles. The number of aromatic amines is 1. The van der Waals surface area contributed by atoms with E-state index < -0.39 is 5.97 Å². The average molecular weight is 351 g/mol. The van der Waals surface area contributed by atoms with Crippen LogP contribution in [0.1, 0.15) is 39.1 Å². The molecule has 1 N–H and O–H groups in total. The Morgan fingerprint density at radius 2 is 2.20 bits per heavy atom. The highest BCUT2D eigenvalue weighted by Gasteiger charge is 2.38. The summed E-state index contributed by atoms with van der Waals surface area (Å²) in [5.41, 5.74) is 4.82. The molecule has 0 saturated heterocycles. The van der Waals surface area contributed by atoms with Crippen LogP contribution >= 0.6 is 11.3 Å². The van der Waals surface area contributed by atoms with E-state index in [2.05, 4.69) is 33.4 Å². The Labute approximate surface area is 149 Å². The summed E-state index contributed by atoms with van der Waals surface area (Å²) in [4.78, 5) is 17.5. The van der Waals surface area contributed by atoms with Gasteiger partial charge in [0.05, 0.1) is 17.5 Å². The normalized spacial score (nSPS) is 18.8. The largest absolute Gasteiger partial charge is 0.461 e. The summed E-state index contributed by atoms with van der Waals surface area (Å²) in [6, 6.07) is 10.3. The zero-order valence-corrected chi connectivity index (χ0v) is 14.5. The summed E-state index contributed by atoms with van der Waals surface area (Å²) in [6.45, 7) is 2.12. The standard InChI is InChI=1S/C19H17N3O2S/c1-2-24-18(23)17-14-8-9-19(10-15(14)21-22-17,16-11-20-12-25-16)13-6-4-3-5-7-13/h3-9,11-12H,2,10H2,1H3,(H,21,22). The number of carbonyl (C=O) groups is 1. The average Bonchev–Trinajstić information content (AvgIpc) is 3.32. The Bertz CT molecular complexity index is 916. The van der Waals surface area contributed by atoms with Crippen molar-refractivity contribution in [3.8, 4) is 0 Å². The monoisotopic (exact) mass is 351 g/mol. The van der Waals surface area contributed by atoms with Crippen LogP contribution in [0, 0.1) is 0 Å². The van der Waals surface area contributed by atoms with Crippen molar-refractivity contribution in [1.29, 1.82) is 0 Å². The predicted octanol–water partition coefficient (Wildman–Crippen LogP) is 3.60. The molecule has 5 nitrogen and oxygen atoms in total. The fraction of sp³-hybridized carbons (Fsp3) is 0.211. The maximum Gasteiger partial charge on any atom is 0.359 e. The number of H-pyrrole nitrogens is 1. The quantitative estimate of drug-likeness (QED) is 0.729. The van der Waals surface area contributed by atoms with Crippen LogP contribution in [0.3, 0.4) is 0 Å². The summed E-state index contributed by atoms with van der Waals surface area (Å²) in [5, 5.41) is 7.23. The van der Waals surface area contributed by atoms with Crippen LogP contribution < -0.4 is 0 Å². The lowest BCUT2D eigenvalue weighted by molar-refractivity contribution is 0.0519. The van der Waals surface area contributed by atoms with E-state index in [4.69, 9.17) is 4.74 Å². The minimum Gasteiger partial charge on any atom is -0.461 e. The van der Waals surface area contributed by atoms with Crippen LogP contribution in [0.15, 0.2) is 48.1 Å². The van der Waals surface area contributed by atoms with Gasteiger partial charge in [0.2, 0.25) is 0 Å². The Morgan fingerprint density at radius 1 is 1.36 bits per heavy atom. The van der Waals surface area contributed by atoms with E-state index in [0.29, 0.717) is 18.7 Å². The number of carbonyl (C=O) groups excluding carboxylic acids is 1. The molecule has 1 unspecified atom stereocenters. The third-order valence-corrected chi connectivity index (χ3v) is 5.45. The topological polar surface area (TPSA) is 67.9 Å². The minimum absolute atomic E-state index is 0.312. The molecule has 1 atom stereocenters. The SMILES string of the molecule is CCOC(=O)c1n[nH]c2c1C=CC(c1ccccc1)(c1cncs1)C2. The highest BCUT2D eigenvalue weighted by Crippen LogP contribution is 2.43. The number of ether oxygens (including phenoxy) is 1. The van der Waals surface area contributed by atoms with Crippen molar-refractivity contribution < 1.29 is 9.53 Å². The number of benzene rings is 1. The lowest BCUT2D eigenvalue weighted by Gasteiger charge is -2.32. The number of esters is 1. The van der Waals surface area contributed by atoms with Gasteiger partial charge in [-0.25, -0.2) is 4.79 Å². The highest BCUT2D eigenvalue weighted by molar-refractivity contribution is 7.09. The van der Waals surface area contributed by atoms with E-state index in [1.165, 1.54) is 5.56 Å². The Balaban J connectivity index is 1.81. The van der Waals surface area contributed by atoms with Gasteiger partial charge < -0.3 is 4.74 Å². The molecule has 0 bridgehead atoms. The summed E-state index contributed by atoms with van der Waals surface area (Å²) in [7, 11) is 0. The van der Waals surface area contributed by atoms with Gasteiger partial charge in [0.15, 0.2) is 5.69 Å². The summed E-state index contributed by atoms with van der Waals surface area (Å²) >= 11 is 1.63. The van der Waals surface area contributed by atoms with Gasteiger partial charge in [-0.05, 0) is 12.5 Å². The molecule has 3 aromatic rings. The predicted molar refractivity (Wildman–Crippen MR) is 96.6 cm³/mol. The van der Waals surface area contributed by atoms with Gasteiger partial charge in [-0.3, -0.25) is 10.1 Å². The molecule has 1 aliphatic rings. The molecule has 4 rings (SSSR count). The molecule has 6 heteroatoms. The molecule has 0 saturated carbocycles. The molecule has 126 valence electrons. The Kier molecular flexibility index (Phi) is 3.97. The summed E-state index contributed by atoms with van der Waals surface area (Å²) in [5.74, 6) is -0.394. The van der Waals surface area contributed by atoms with Crippen molar-refractivity contribution in [2.75, 3.05) is 6.61 Å². The van der Waals surface area contributed by atoms with Crippen LogP contribution in [0.5, 0.6) is 0 Å². The molecule has 0 amide bonds. The molecule has 25 heavy (non-hydrogen) atoms. The van der Waals surface area contributed by atoms with E-state index in [9.17, 15) is 4.79 Å². The number of hydrogen-bond acceptors (Lipinski definition) is 5. The molecule has 0 radical (unpaired) electrons. The zero-order chi connectivity index (χ0) is 17.3. The van der Waals surface area contributed by atoms with Gasteiger partial charge in [-0.15, -0.1) is 11.3 Å². The van der Waals surface area contributed by atoms with E-state index in [-0.39, 0.29) is 5.41 Å². The van der Waals surface area contributed by atoms with Crippen molar-refractivity contribution in [3.05, 3.63) is 75.5 Å². The molecule has 2 aromatic heterocycles. The number of nitrogens with one attached hydrogen (secondary N) is 1. The molecular formula is C19H17N3O2S. The maximum absolute atomic E-state index is 12.1. The third kappa shape index (κ3) is 2.59. The second-order valence-electron chi connectivity index (χ2n) is 5.90. The van der Waals surface area contributed by atoms with E-state index >= 15 is 0 Å². The minimum atomic E-state index is -0.394. The lowest BCUT2D eigenvalue weighted by Crippen LogP contribution is -2.29. The van der Waals surface area contributed by atoms with Gasteiger partial charge in [-0.2, -0.15) is 5.10 Å². The fourth-order valence-corrected chi connectivity index (χ4v) is 4.13. The van der Waals surface area contributed by atoms with Gasteiger partial charge >= 0.3 is 5.97 Å². The number of fused-ring (bicyclic) bond motifs is 1. The van der Waals surface area contributed by atoms with Crippen molar-refractivity contribution in [3.63, 3.8) is 0 Å². The van der Waals surface area contributed by atoms with Crippen molar-refractivity contribution >= 4 is 23.4 Å². The fourth-order valence-electron chi connectivity index (χ4n) is 3.30. The van der Waals surface area contributed by atoms with Gasteiger partial charge in [-0.1, -0.05) is 42.5 Å². The first-order valence-corrected chi connectivity index (χ1v) is 9.00. The maximum atomic E-state index is 12.1. The van der Waals surface area contributed by atoms with Crippen LogP contribution in [-0.4, -0.2) is 27.8 Å². The first-order chi connectivity index (χ1) is 12.2. The number of aromatic nitrogens is 3. The molecule has 1 aromatic carbocycles. The number of rotatable bonds is 4. The van der Waals surface area contributed by atoms with Gasteiger partial charge in [0.25, 0.3) is 0 Å². The number of thiazole rings is 1. The highest BCUT2D eigenvalue weighted by atomic mass is 32.1. The van der Waals surface area contributed by atoms with Gasteiger partial charge in [0.1, 0.15) is 0 Å². The zero-order valence-electron chi connectivity index (χ0n) is 13.7. The van der Waals surface area contributed by atoms with E-state index in [1.807, 2.05) is 36.0 Å². The molecular weight excluding hydrogens is 334 g/mol. The second-order valence-corrected chi connectivity index (χ2v) is 6.78. The van der Waals surface area contributed by atoms with E-state index in [1.54, 1.807) is 18.3 Å². The molecule has 1 aliphatic carbocycles. The molecule has 0 fully saturated rings. The molecule has 2 heterocycles. The number of nitrogens with zero attached hydrogens (tertiary/aromatic N) is 2. The summed E-state index contributed by atoms with van der Waals surface area (Å²) in [6.07, 6.45) is 6.73. The second kappa shape index (κ2) is 6.29. The first kappa shape index (κ1) is 15.8. The first-order valence-electron chi connectivity index (χ1n) is 8.12.